The van der Waals surface area contributed by atoms with Crippen LogP contribution in [-0.4, -0.2) is 40.6 Å². The molecular formula is C17H19N3O3. The van der Waals surface area contributed by atoms with Crippen LogP contribution in [-0.2, 0) is 0 Å². The van der Waals surface area contributed by atoms with E-state index in [2.05, 4.69) is 10.1 Å². The zero-order valence-corrected chi connectivity index (χ0v) is 13.1. The van der Waals surface area contributed by atoms with Crippen molar-refractivity contribution < 1.29 is 14.1 Å². The molecule has 2 fully saturated rings. The number of rotatable bonds is 5. The molecule has 120 valence electrons. The molecule has 6 nitrogen and oxygen atoms in total. The molecule has 4 rings (SSSR count). The van der Waals surface area contributed by atoms with E-state index >= 15 is 0 Å². The van der Waals surface area contributed by atoms with Crippen molar-refractivity contribution >= 4 is 5.91 Å². The molecule has 0 bridgehead atoms. The fourth-order valence-electron chi connectivity index (χ4n) is 2.82. The van der Waals surface area contributed by atoms with Crippen molar-refractivity contribution in [2.45, 2.75) is 31.6 Å². The first kappa shape index (κ1) is 14.2. The number of likely N-dealkylation sites (tertiary alicyclic amines) is 1. The van der Waals surface area contributed by atoms with E-state index < -0.39 is 0 Å². The highest BCUT2D eigenvalue weighted by molar-refractivity contribution is 5.97. The van der Waals surface area contributed by atoms with Crippen LogP contribution < -0.4 is 4.74 Å². The van der Waals surface area contributed by atoms with Gasteiger partial charge in [-0.2, -0.15) is 4.98 Å². The minimum atomic E-state index is -0.00719. The highest BCUT2D eigenvalue weighted by Gasteiger charge is 2.38. The van der Waals surface area contributed by atoms with Crippen LogP contribution in [0, 0.1) is 0 Å². The Labute approximate surface area is 134 Å². The summed E-state index contributed by atoms with van der Waals surface area (Å²) < 4.78 is 10.9. The first-order valence-corrected chi connectivity index (χ1v) is 8.11. The number of hydrogen-bond donors (Lipinski definition) is 0. The summed E-state index contributed by atoms with van der Waals surface area (Å²) in [5, 5.41) is 4.04. The topological polar surface area (TPSA) is 68.5 Å². The molecule has 2 aliphatic rings. The summed E-state index contributed by atoms with van der Waals surface area (Å²) in [5.74, 6) is 2.76. The second kappa shape index (κ2) is 5.68. The second-order valence-electron chi connectivity index (χ2n) is 6.10. The maximum Gasteiger partial charge on any atom is 0.257 e. The summed E-state index contributed by atoms with van der Waals surface area (Å²) in [7, 11) is 0. The van der Waals surface area contributed by atoms with Gasteiger partial charge >= 0.3 is 0 Å². The van der Waals surface area contributed by atoms with Crippen molar-refractivity contribution in [2.75, 3.05) is 19.7 Å². The van der Waals surface area contributed by atoms with Gasteiger partial charge in [0.15, 0.2) is 5.82 Å². The average Bonchev–Trinajstić information content (AvgIpc) is 3.26. The van der Waals surface area contributed by atoms with Gasteiger partial charge in [0, 0.05) is 19.0 Å². The van der Waals surface area contributed by atoms with Crippen LogP contribution in [0.25, 0.3) is 0 Å². The third-order valence-electron chi connectivity index (χ3n) is 4.34. The summed E-state index contributed by atoms with van der Waals surface area (Å²) in [6, 6.07) is 7.36. The molecule has 2 heterocycles. The van der Waals surface area contributed by atoms with Crippen LogP contribution >= 0.6 is 0 Å². The number of carbonyl (C=O) groups is 1. The molecule has 0 atom stereocenters. The van der Waals surface area contributed by atoms with Crippen molar-refractivity contribution in [3.63, 3.8) is 0 Å². The Morgan fingerprint density at radius 2 is 2.09 bits per heavy atom. The Balaban J connectivity index is 1.41. The van der Waals surface area contributed by atoms with Gasteiger partial charge in [-0.25, -0.2) is 0 Å². The second-order valence-corrected chi connectivity index (χ2v) is 6.10. The van der Waals surface area contributed by atoms with Gasteiger partial charge < -0.3 is 14.2 Å². The summed E-state index contributed by atoms with van der Waals surface area (Å²) in [6.45, 7) is 3.68. The fourth-order valence-corrected chi connectivity index (χ4v) is 2.82. The van der Waals surface area contributed by atoms with Gasteiger partial charge in [0.25, 0.3) is 5.91 Å². The minimum Gasteiger partial charge on any atom is -0.493 e. The van der Waals surface area contributed by atoms with Crippen molar-refractivity contribution in [3.05, 3.63) is 41.5 Å². The van der Waals surface area contributed by atoms with Gasteiger partial charge in [-0.15, -0.1) is 0 Å². The first-order valence-electron chi connectivity index (χ1n) is 8.11. The monoisotopic (exact) mass is 313 g/mol. The minimum absolute atomic E-state index is 0.00719. The lowest BCUT2D eigenvalue weighted by molar-refractivity contribution is 0.0565. The predicted molar refractivity (Wildman–Crippen MR) is 82.5 cm³/mol. The Kier molecular flexibility index (Phi) is 3.52. The molecule has 1 aliphatic carbocycles. The number of carbonyl (C=O) groups excluding carboxylic acids is 1. The normalized spacial score (nSPS) is 17.9. The maximum atomic E-state index is 12.6. The number of hydrogen-bond acceptors (Lipinski definition) is 5. The lowest BCUT2D eigenvalue weighted by atomic mass is 9.98. The van der Waals surface area contributed by atoms with Gasteiger partial charge in [0.05, 0.1) is 18.1 Å². The molecule has 1 saturated carbocycles. The number of benzene rings is 1. The molecule has 1 saturated heterocycles. The van der Waals surface area contributed by atoms with Gasteiger partial charge in [0.1, 0.15) is 5.75 Å². The Hall–Kier alpha value is -2.37. The number of para-hydroxylation sites is 1. The van der Waals surface area contributed by atoms with E-state index in [4.69, 9.17) is 9.26 Å². The molecule has 0 unspecified atom stereocenters. The van der Waals surface area contributed by atoms with Crippen LogP contribution in [0.5, 0.6) is 5.75 Å². The summed E-state index contributed by atoms with van der Waals surface area (Å²) >= 11 is 0. The fraction of sp³-hybridized carbons (Fsp3) is 0.471. The smallest absolute Gasteiger partial charge is 0.257 e. The van der Waals surface area contributed by atoms with Gasteiger partial charge in [-0.1, -0.05) is 17.3 Å². The SMILES string of the molecule is CCOc1ccccc1C(=O)N1CC(c2nc(C3CC3)no2)C1. The van der Waals surface area contributed by atoms with Gasteiger partial charge in [-0.3, -0.25) is 4.79 Å². The highest BCUT2D eigenvalue weighted by atomic mass is 16.5. The van der Waals surface area contributed by atoms with Crippen LogP contribution in [0.2, 0.25) is 0 Å². The quantitative estimate of drug-likeness (QED) is 0.848. The third kappa shape index (κ3) is 2.69. The molecule has 1 amide bonds. The van der Waals surface area contributed by atoms with Crippen molar-refractivity contribution in [3.8, 4) is 5.75 Å². The Bertz CT molecular complexity index is 717. The lowest BCUT2D eigenvalue weighted by Gasteiger charge is -2.37. The lowest BCUT2D eigenvalue weighted by Crippen LogP contribution is -2.48. The van der Waals surface area contributed by atoms with Crippen LogP contribution in [0.15, 0.2) is 28.8 Å². The standard InChI is InChI=1S/C17H19N3O3/c1-2-22-14-6-4-3-5-13(14)17(21)20-9-12(10-20)16-18-15(19-23-16)11-7-8-11/h3-6,11-12H,2,7-10H2,1H3. The highest BCUT2D eigenvalue weighted by Crippen LogP contribution is 2.39. The van der Waals surface area contributed by atoms with E-state index in [-0.39, 0.29) is 11.8 Å². The van der Waals surface area contributed by atoms with E-state index in [1.54, 1.807) is 11.0 Å². The number of amides is 1. The van der Waals surface area contributed by atoms with E-state index in [0.717, 1.165) is 18.7 Å². The van der Waals surface area contributed by atoms with E-state index in [0.29, 0.717) is 42.8 Å². The molecule has 6 heteroatoms. The summed E-state index contributed by atoms with van der Waals surface area (Å²) in [4.78, 5) is 18.9. The zero-order chi connectivity index (χ0) is 15.8. The van der Waals surface area contributed by atoms with Gasteiger partial charge in [-0.05, 0) is 31.9 Å². The van der Waals surface area contributed by atoms with E-state index in [1.807, 2.05) is 25.1 Å². The predicted octanol–water partition coefficient (Wildman–Crippen LogP) is 2.59. The molecule has 23 heavy (non-hydrogen) atoms. The Morgan fingerprint density at radius 1 is 1.30 bits per heavy atom. The molecule has 1 aromatic carbocycles. The third-order valence-corrected chi connectivity index (χ3v) is 4.34. The van der Waals surface area contributed by atoms with E-state index in [9.17, 15) is 4.79 Å². The summed E-state index contributed by atoms with van der Waals surface area (Å²) in [6.07, 6.45) is 2.31. The molecular weight excluding hydrogens is 294 g/mol. The van der Waals surface area contributed by atoms with E-state index in [1.165, 1.54) is 0 Å². The van der Waals surface area contributed by atoms with Crippen LogP contribution in [0.3, 0.4) is 0 Å². The number of ether oxygens (including phenoxy) is 1. The molecule has 0 radical (unpaired) electrons. The number of nitrogens with zero attached hydrogens (tertiary/aromatic N) is 3. The molecule has 0 N–H and O–H groups in total. The zero-order valence-electron chi connectivity index (χ0n) is 13.1. The summed E-state index contributed by atoms with van der Waals surface area (Å²) in [5.41, 5.74) is 0.608. The van der Waals surface area contributed by atoms with Crippen LogP contribution in [0.4, 0.5) is 0 Å². The van der Waals surface area contributed by atoms with Crippen molar-refractivity contribution in [1.82, 2.24) is 15.0 Å². The van der Waals surface area contributed by atoms with Crippen molar-refractivity contribution in [2.24, 2.45) is 0 Å². The van der Waals surface area contributed by atoms with Gasteiger partial charge in [0.2, 0.25) is 5.89 Å². The Morgan fingerprint density at radius 3 is 2.83 bits per heavy atom. The molecule has 2 aromatic rings. The molecule has 0 spiro atoms. The largest absolute Gasteiger partial charge is 0.493 e. The molecule has 1 aromatic heterocycles. The first-order chi connectivity index (χ1) is 11.3. The average molecular weight is 313 g/mol. The maximum absolute atomic E-state index is 12.6. The van der Waals surface area contributed by atoms with Crippen LogP contribution in [0.1, 0.15) is 53.7 Å². The number of aromatic nitrogens is 2. The van der Waals surface area contributed by atoms with Crippen molar-refractivity contribution in [1.29, 1.82) is 0 Å². The molecule has 1 aliphatic heterocycles.